The van der Waals surface area contributed by atoms with E-state index in [0.717, 1.165) is 11.4 Å². The molecule has 2 aliphatic rings. The fourth-order valence-corrected chi connectivity index (χ4v) is 4.13. The van der Waals surface area contributed by atoms with E-state index in [-0.39, 0.29) is 11.5 Å². The number of anilines is 2. The predicted octanol–water partition coefficient (Wildman–Crippen LogP) is 4.44. The summed E-state index contributed by atoms with van der Waals surface area (Å²) in [5.74, 6) is -0.493. The van der Waals surface area contributed by atoms with E-state index in [1.807, 2.05) is 11.0 Å². The van der Waals surface area contributed by atoms with E-state index in [2.05, 4.69) is 0 Å². The summed E-state index contributed by atoms with van der Waals surface area (Å²) < 4.78 is 20.4. The van der Waals surface area contributed by atoms with E-state index < -0.39 is 11.6 Å². The molecule has 0 atom stereocenters. The van der Waals surface area contributed by atoms with Gasteiger partial charge in [0.25, 0.3) is 5.91 Å². The number of hydrogen-bond donors (Lipinski definition) is 1. The summed E-state index contributed by atoms with van der Waals surface area (Å²) in [6.07, 6.45) is 3.90. The van der Waals surface area contributed by atoms with Crippen LogP contribution in [0.2, 0.25) is 0 Å². The van der Waals surface area contributed by atoms with E-state index in [0.29, 0.717) is 50.4 Å². The topological polar surface area (TPSA) is 70.1 Å². The molecular weight excluding hydrogens is 399 g/mol. The first kappa shape index (κ1) is 20.9. The van der Waals surface area contributed by atoms with Crippen LogP contribution in [0.4, 0.5) is 15.8 Å². The molecule has 0 radical (unpaired) electrons. The minimum atomic E-state index is -1.33. The van der Waals surface area contributed by atoms with E-state index >= 15 is 0 Å². The number of ether oxygens (including phenoxy) is 1. The highest BCUT2D eigenvalue weighted by Gasteiger charge is 2.34. The lowest BCUT2D eigenvalue weighted by Crippen LogP contribution is -2.43. The lowest BCUT2D eigenvalue weighted by molar-refractivity contribution is 0.0573. The fourth-order valence-electron chi connectivity index (χ4n) is 4.13. The molecule has 0 unspecified atom stereocenters. The third-order valence-electron chi connectivity index (χ3n) is 5.84. The highest BCUT2D eigenvalue weighted by atomic mass is 19.1. The van der Waals surface area contributed by atoms with Crippen LogP contribution in [-0.4, -0.2) is 53.8 Å². The summed E-state index contributed by atoms with van der Waals surface area (Å²) in [4.78, 5) is 27.8. The molecule has 1 fully saturated rings. The highest BCUT2D eigenvalue weighted by molar-refractivity contribution is 5.96. The van der Waals surface area contributed by atoms with Crippen LogP contribution in [0.15, 0.2) is 54.6 Å². The second-order valence-electron chi connectivity index (χ2n) is 7.86. The van der Waals surface area contributed by atoms with Crippen LogP contribution in [0.25, 0.3) is 0 Å². The molecule has 1 N–H and O–H groups in total. The Morgan fingerprint density at radius 2 is 1.74 bits per heavy atom. The summed E-state index contributed by atoms with van der Waals surface area (Å²) in [7, 11) is 0. The minimum absolute atomic E-state index is 0.128. The Labute approximate surface area is 180 Å². The maximum absolute atomic E-state index is 14.6. The number of carboxylic acids is 1. The Morgan fingerprint density at radius 1 is 1.06 bits per heavy atom. The number of allylic oxidation sites excluding steroid dienone is 2. The second kappa shape index (κ2) is 8.41. The molecular formula is C24H25FN2O4. The molecule has 0 aliphatic carbocycles. The van der Waals surface area contributed by atoms with Gasteiger partial charge < -0.3 is 19.6 Å². The summed E-state index contributed by atoms with van der Waals surface area (Å²) in [5, 5.41) is 9.10. The Balaban J connectivity index is 1.52. The maximum Gasteiger partial charge on any atom is 0.335 e. The maximum atomic E-state index is 14.6. The number of halogens is 1. The third kappa shape index (κ3) is 4.26. The van der Waals surface area contributed by atoms with Crippen molar-refractivity contribution in [2.45, 2.75) is 25.4 Å². The molecule has 2 heterocycles. The van der Waals surface area contributed by atoms with Crippen LogP contribution in [-0.2, 0) is 0 Å². The van der Waals surface area contributed by atoms with Crippen LogP contribution in [0.1, 0.15) is 40.5 Å². The number of aromatic carboxylic acids is 1. The smallest absolute Gasteiger partial charge is 0.335 e. The van der Waals surface area contributed by atoms with Gasteiger partial charge in [0.1, 0.15) is 18.0 Å². The van der Waals surface area contributed by atoms with Gasteiger partial charge in [0.15, 0.2) is 0 Å². The summed E-state index contributed by atoms with van der Waals surface area (Å²) in [6, 6.07) is 12.0. The van der Waals surface area contributed by atoms with Crippen molar-refractivity contribution < 1.29 is 23.8 Å². The Morgan fingerprint density at radius 3 is 2.39 bits per heavy atom. The predicted molar refractivity (Wildman–Crippen MR) is 116 cm³/mol. The van der Waals surface area contributed by atoms with Gasteiger partial charge >= 0.3 is 5.97 Å². The van der Waals surface area contributed by atoms with Crippen molar-refractivity contribution in [2.24, 2.45) is 0 Å². The zero-order chi connectivity index (χ0) is 22.0. The number of alkyl halides is 1. The van der Waals surface area contributed by atoms with Crippen molar-refractivity contribution in [1.29, 1.82) is 0 Å². The Hall–Kier alpha value is -3.35. The van der Waals surface area contributed by atoms with Crippen molar-refractivity contribution >= 4 is 23.3 Å². The number of likely N-dealkylation sites (tertiary alicyclic amines) is 1. The molecule has 6 nitrogen and oxygen atoms in total. The molecule has 1 amide bonds. The first-order valence-electron chi connectivity index (χ1n) is 10.4. The molecule has 0 saturated carbocycles. The lowest BCUT2D eigenvalue weighted by Gasteiger charge is -2.35. The molecule has 0 bridgehead atoms. The van der Waals surface area contributed by atoms with Crippen molar-refractivity contribution in [2.75, 3.05) is 31.1 Å². The van der Waals surface area contributed by atoms with Crippen LogP contribution >= 0.6 is 0 Å². The number of fused-ring (bicyclic) bond motifs is 1. The Kier molecular flexibility index (Phi) is 5.67. The molecule has 4 rings (SSSR count). The molecule has 162 valence electrons. The average molecular weight is 424 g/mol. The lowest BCUT2D eigenvalue weighted by atomic mass is 9.92. The third-order valence-corrected chi connectivity index (χ3v) is 5.84. The van der Waals surface area contributed by atoms with Gasteiger partial charge in [0.2, 0.25) is 0 Å². The molecule has 31 heavy (non-hydrogen) atoms. The van der Waals surface area contributed by atoms with Gasteiger partial charge in [-0.25, -0.2) is 9.18 Å². The van der Waals surface area contributed by atoms with E-state index in [9.17, 15) is 14.0 Å². The summed E-state index contributed by atoms with van der Waals surface area (Å²) in [5.41, 5.74) is 1.08. The average Bonchev–Trinajstić information content (AvgIpc) is 2.78. The molecule has 2 aliphatic heterocycles. The van der Waals surface area contributed by atoms with Crippen molar-refractivity contribution in [1.82, 2.24) is 4.90 Å². The van der Waals surface area contributed by atoms with Gasteiger partial charge in [0.05, 0.1) is 17.8 Å². The number of hydrogen-bond acceptors (Lipinski definition) is 4. The quantitative estimate of drug-likeness (QED) is 0.735. The van der Waals surface area contributed by atoms with Crippen LogP contribution in [0.5, 0.6) is 5.75 Å². The summed E-state index contributed by atoms with van der Waals surface area (Å²) in [6.45, 7) is 3.61. The first-order valence-corrected chi connectivity index (χ1v) is 10.4. The molecule has 7 heteroatoms. The van der Waals surface area contributed by atoms with Crippen LogP contribution in [0.3, 0.4) is 0 Å². The number of carboxylic acid groups (broad SMARTS) is 1. The fraction of sp³-hybridized carbons (Fsp3) is 0.333. The van der Waals surface area contributed by atoms with E-state index in [4.69, 9.17) is 9.84 Å². The number of nitrogens with zero attached hydrogens (tertiary/aromatic N) is 2. The largest absolute Gasteiger partial charge is 0.490 e. The highest BCUT2D eigenvalue weighted by Crippen LogP contribution is 2.38. The number of benzene rings is 2. The molecule has 2 aromatic carbocycles. The number of rotatable bonds is 4. The monoisotopic (exact) mass is 424 g/mol. The second-order valence-corrected chi connectivity index (χ2v) is 7.86. The first-order chi connectivity index (χ1) is 14.9. The molecule has 0 spiro atoms. The van der Waals surface area contributed by atoms with Gasteiger partial charge in [-0.2, -0.15) is 0 Å². The standard InChI is InChI=1S/C24H25FN2O4/c1-2-9-24(25)10-12-26(13-11-24)22(28)18-5-8-20-21(16-18)31-15-14-27(20)19-6-3-17(4-7-19)23(29)30/h2-9,16H,10-15H2,1H3,(H,29,30)/b9-2+. The van der Waals surface area contributed by atoms with Crippen molar-refractivity contribution in [3.05, 3.63) is 65.7 Å². The normalized spacial score (nSPS) is 17.9. The van der Waals surface area contributed by atoms with Crippen LogP contribution < -0.4 is 9.64 Å². The zero-order valence-electron chi connectivity index (χ0n) is 17.4. The van der Waals surface area contributed by atoms with Gasteiger partial charge in [-0.05, 0) is 49.4 Å². The number of carbonyl (C=O) groups is 2. The molecule has 0 aromatic heterocycles. The van der Waals surface area contributed by atoms with Crippen molar-refractivity contribution in [3.8, 4) is 5.75 Å². The number of carbonyl (C=O) groups excluding carboxylic acids is 1. The Bertz CT molecular complexity index is 1010. The van der Waals surface area contributed by atoms with Gasteiger partial charge in [-0.1, -0.05) is 12.2 Å². The van der Waals surface area contributed by atoms with Gasteiger partial charge in [0, 0.05) is 37.2 Å². The van der Waals surface area contributed by atoms with E-state index in [1.54, 1.807) is 60.4 Å². The van der Waals surface area contributed by atoms with Crippen molar-refractivity contribution in [3.63, 3.8) is 0 Å². The molecule has 2 aromatic rings. The number of piperidine rings is 1. The van der Waals surface area contributed by atoms with E-state index in [1.165, 1.54) is 0 Å². The van der Waals surface area contributed by atoms with Crippen LogP contribution in [0, 0.1) is 0 Å². The number of amides is 1. The van der Waals surface area contributed by atoms with Gasteiger partial charge in [-0.3, -0.25) is 4.79 Å². The zero-order valence-corrected chi connectivity index (χ0v) is 17.4. The molecule has 1 saturated heterocycles. The SMILES string of the molecule is C/C=C/C1(F)CCN(C(=O)c2ccc3c(c2)OCCN3c2ccc(C(=O)O)cc2)CC1. The van der Waals surface area contributed by atoms with Gasteiger partial charge in [-0.15, -0.1) is 0 Å². The minimum Gasteiger partial charge on any atom is -0.490 e. The summed E-state index contributed by atoms with van der Waals surface area (Å²) >= 11 is 0.